The Morgan fingerprint density at radius 1 is 1.12 bits per heavy atom. The molecule has 3 aromatic rings. The van der Waals surface area contributed by atoms with Crippen LogP contribution in [0.1, 0.15) is 32.1 Å². The number of nitro benzene ring substituents is 1. The SMILES string of the molecule is O=C(CSc1nc2ccc(NC(=O)C3CCCCC3)cc2s1)Nc1ccccc1[N+](=O)[O-]. The third-order valence-electron chi connectivity index (χ3n) is 5.31. The smallest absolute Gasteiger partial charge is 0.292 e. The maximum absolute atomic E-state index is 12.5. The Kier molecular flexibility index (Phi) is 7.01. The lowest BCUT2D eigenvalue weighted by molar-refractivity contribution is -0.383. The number of carbonyl (C=O) groups is 2. The van der Waals surface area contributed by atoms with Crippen LogP contribution in [0.15, 0.2) is 46.8 Å². The molecule has 0 saturated heterocycles. The van der Waals surface area contributed by atoms with Crippen molar-refractivity contribution in [1.82, 2.24) is 4.98 Å². The molecule has 10 heteroatoms. The number of anilines is 2. The molecule has 1 aliphatic rings. The van der Waals surface area contributed by atoms with Crippen molar-refractivity contribution in [1.29, 1.82) is 0 Å². The standard InChI is InChI=1S/C22H22N4O4S2/c27-20(24-16-8-4-5-9-18(16)26(29)30)13-31-22-25-17-11-10-15(12-19(17)32-22)23-21(28)14-6-2-1-3-7-14/h4-5,8-12,14H,1-3,6-7,13H2,(H,23,28)(H,24,27). The van der Waals surface area contributed by atoms with Crippen molar-refractivity contribution in [3.8, 4) is 0 Å². The van der Waals surface area contributed by atoms with Crippen molar-refractivity contribution >= 4 is 62.2 Å². The number of nitrogens with one attached hydrogen (secondary N) is 2. The first-order chi connectivity index (χ1) is 15.5. The van der Waals surface area contributed by atoms with Gasteiger partial charge >= 0.3 is 0 Å². The molecule has 0 aliphatic heterocycles. The van der Waals surface area contributed by atoms with Crippen LogP contribution >= 0.6 is 23.1 Å². The largest absolute Gasteiger partial charge is 0.326 e. The highest BCUT2D eigenvalue weighted by Crippen LogP contribution is 2.32. The summed E-state index contributed by atoms with van der Waals surface area (Å²) < 4.78 is 1.64. The molecular weight excluding hydrogens is 448 g/mol. The highest BCUT2D eigenvalue weighted by Gasteiger charge is 2.21. The number of fused-ring (bicyclic) bond motifs is 1. The molecule has 1 saturated carbocycles. The second-order valence-electron chi connectivity index (χ2n) is 7.60. The summed E-state index contributed by atoms with van der Waals surface area (Å²) in [5, 5.41) is 16.7. The quantitative estimate of drug-likeness (QED) is 0.269. The third kappa shape index (κ3) is 5.43. The first-order valence-corrected chi connectivity index (χ1v) is 12.2. The second kappa shape index (κ2) is 10.1. The highest BCUT2D eigenvalue weighted by atomic mass is 32.2. The van der Waals surface area contributed by atoms with Crippen LogP contribution < -0.4 is 10.6 Å². The minimum absolute atomic E-state index is 0.0786. The zero-order chi connectivity index (χ0) is 22.5. The van der Waals surface area contributed by atoms with Gasteiger partial charge in [0.1, 0.15) is 5.69 Å². The summed E-state index contributed by atoms with van der Waals surface area (Å²) in [4.78, 5) is 39.8. The fourth-order valence-corrected chi connectivity index (χ4v) is 5.61. The van der Waals surface area contributed by atoms with Crippen LogP contribution in [0.5, 0.6) is 0 Å². The molecule has 2 amide bonds. The second-order valence-corrected chi connectivity index (χ2v) is 9.85. The molecule has 1 aliphatic carbocycles. The Morgan fingerprint density at radius 2 is 1.91 bits per heavy atom. The zero-order valence-corrected chi connectivity index (χ0v) is 18.8. The predicted octanol–water partition coefficient (Wildman–Crippen LogP) is 5.45. The van der Waals surface area contributed by atoms with E-state index in [1.54, 1.807) is 12.1 Å². The van der Waals surface area contributed by atoms with Crippen molar-refractivity contribution in [2.24, 2.45) is 5.92 Å². The molecular formula is C22H22N4O4S2. The summed E-state index contributed by atoms with van der Waals surface area (Å²) in [5.74, 6) is -0.0956. The van der Waals surface area contributed by atoms with Crippen molar-refractivity contribution < 1.29 is 14.5 Å². The van der Waals surface area contributed by atoms with Gasteiger partial charge in [0.25, 0.3) is 5.69 Å². The molecule has 0 atom stereocenters. The van der Waals surface area contributed by atoms with Gasteiger partial charge in [-0.05, 0) is 37.1 Å². The summed E-state index contributed by atoms with van der Waals surface area (Å²) in [5.41, 5.74) is 1.58. The Bertz CT molecular complexity index is 1160. The number of hydrogen-bond acceptors (Lipinski definition) is 7. The molecule has 32 heavy (non-hydrogen) atoms. The van der Waals surface area contributed by atoms with Gasteiger partial charge in [-0.15, -0.1) is 11.3 Å². The van der Waals surface area contributed by atoms with E-state index in [1.807, 2.05) is 18.2 Å². The van der Waals surface area contributed by atoms with Crippen LogP contribution in [-0.4, -0.2) is 27.5 Å². The first kappa shape index (κ1) is 22.2. The number of amides is 2. The molecule has 8 nitrogen and oxygen atoms in total. The normalized spacial score (nSPS) is 14.2. The van der Waals surface area contributed by atoms with Crippen molar-refractivity contribution in [2.45, 2.75) is 36.4 Å². The van der Waals surface area contributed by atoms with Crippen molar-refractivity contribution in [2.75, 3.05) is 16.4 Å². The van der Waals surface area contributed by atoms with Crippen LogP contribution in [0.2, 0.25) is 0 Å². The number of carbonyl (C=O) groups excluding carboxylic acids is 2. The third-order valence-corrected chi connectivity index (χ3v) is 7.48. The van der Waals surface area contributed by atoms with Gasteiger partial charge in [0.2, 0.25) is 11.8 Å². The molecule has 2 aromatic carbocycles. The highest BCUT2D eigenvalue weighted by molar-refractivity contribution is 8.01. The van der Waals surface area contributed by atoms with E-state index in [0.717, 1.165) is 41.6 Å². The van der Waals surface area contributed by atoms with Crippen molar-refractivity contribution in [3.63, 3.8) is 0 Å². The maximum Gasteiger partial charge on any atom is 0.292 e. The van der Waals surface area contributed by atoms with Gasteiger partial charge < -0.3 is 10.6 Å². The monoisotopic (exact) mass is 470 g/mol. The molecule has 1 aromatic heterocycles. The summed E-state index contributed by atoms with van der Waals surface area (Å²) in [6.07, 6.45) is 5.32. The number of para-hydroxylation sites is 2. The Labute approximate surface area is 193 Å². The minimum atomic E-state index is -0.527. The van der Waals surface area contributed by atoms with E-state index in [-0.39, 0.29) is 34.9 Å². The number of thiazole rings is 1. The number of aromatic nitrogens is 1. The van der Waals surface area contributed by atoms with Gasteiger partial charge in [-0.25, -0.2) is 4.98 Å². The summed E-state index contributed by atoms with van der Waals surface area (Å²) >= 11 is 2.71. The molecule has 1 fully saturated rings. The first-order valence-electron chi connectivity index (χ1n) is 10.4. The van der Waals surface area contributed by atoms with E-state index >= 15 is 0 Å². The number of nitro groups is 1. The van der Waals surface area contributed by atoms with Crippen LogP contribution in [-0.2, 0) is 9.59 Å². The molecule has 4 rings (SSSR count). The molecule has 0 radical (unpaired) electrons. The van der Waals surface area contributed by atoms with E-state index < -0.39 is 4.92 Å². The number of hydrogen-bond donors (Lipinski definition) is 2. The number of nitrogens with zero attached hydrogens (tertiary/aromatic N) is 2. The van der Waals surface area contributed by atoms with Gasteiger partial charge in [-0.3, -0.25) is 19.7 Å². The number of thioether (sulfide) groups is 1. The summed E-state index contributed by atoms with van der Waals surface area (Å²) in [6, 6.07) is 11.6. The number of benzene rings is 2. The molecule has 0 unspecified atom stereocenters. The zero-order valence-electron chi connectivity index (χ0n) is 17.2. The number of rotatable bonds is 7. The van der Waals surface area contributed by atoms with E-state index in [2.05, 4.69) is 15.6 Å². The van der Waals surface area contributed by atoms with E-state index in [1.165, 1.54) is 41.7 Å². The predicted molar refractivity (Wildman–Crippen MR) is 127 cm³/mol. The van der Waals surface area contributed by atoms with E-state index in [0.29, 0.717) is 4.34 Å². The molecule has 2 N–H and O–H groups in total. The van der Waals surface area contributed by atoms with Crippen LogP contribution in [0.3, 0.4) is 0 Å². The van der Waals surface area contributed by atoms with Gasteiger partial charge in [0.05, 0.1) is 20.9 Å². The maximum atomic E-state index is 12.5. The van der Waals surface area contributed by atoms with Crippen LogP contribution in [0.4, 0.5) is 17.1 Å². The Morgan fingerprint density at radius 3 is 2.69 bits per heavy atom. The van der Waals surface area contributed by atoms with E-state index in [4.69, 9.17) is 0 Å². The lowest BCUT2D eigenvalue weighted by Gasteiger charge is -2.20. The fraction of sp³-hybridized carbons (Fsp3) is 0.318. The average Bonchev–Trinajstić information content (AvgIpc) is 3.21. The average molecular weight is 471 g/mol. The van der Waals surface area contributed by atoms with Gasteiger partial charge in [-0.2, -0.15) is 0 Å². The van der Waals surface area contributed by atoms with Gasteiger partial charge in [0.15, 0.2) is 4.34 Å². The lowest BCUT2D eigenvalue weighted by Crippen LogP contribution is -2.24. The van der Waals surface area contributed by atoms with Crippen LogP contribution in [0, 0.1) is 16.0 Å². The van der Waals surface area contributed by atoms with Gasteiger partial charge in [-0.1, -0.05) is 43.2 Å². The molecule has 166 valence electrons. The topological polar surface area (TPSA) is 114 Å². The minimum Gasteiger partial charge on any atom is -0.326 e. The Hall–Kier alpha value is -2.98. The summed E-state index contributed by atoms with van der Waals surface area (Å²) in [6.45, 7) is 0. The van der Waals surface area contributed by atoms with Gasteiger partial charge in [0, 0.05) is 17.7 Å². The Balaban J connectivity index is 1.36. The molecule has 1 heterocycles. The molecule has 0 spiro atoms. The van der Waals surface area contributed by atoms with Crippen LogP contribution in [0.25, 0.3) is 10.2 Å². The fourth-order valence-electron chi connectivity index (χ4n) is 3.70. The lowest BCUT2D eigenvalue weighted by atomic mass is 9.88. The van der Waals surface area contributed by atoms with Crippen molar-refractivity contribution in [3.05, 3.63) is 52.6 Å². The van der Waals surface area contributed by atoms with E-state index in [9.17, 15) is 19.7 Å². The molecule has 0 bridgehead atoms. The summed E-state index contributed by atoms with van der Waals surface area (Å²) in [7, 11) is 0.